The van der Waals surface area contributed by atoms with Crippen LogP contribution in [0.15, 0.2) is 106 Å². The van der Waals surface area contributed by atoms with Gasteiger partial charge in [-0.3, -0.25) is 19.1 Å². The van der Waals surface area contributed by atoms with Crippen molar-refractivity contribution in [3.63, 3.8) is 0 Å². The SMILES string of the molecule is Cc1nn(COCC[Si](C)(C)C)c(C)c1-c1ccc(NC(=O)[C@H](Cc2cc(Br)ccc2Cl)NC(=O)OC(C)(C)C)cc1.Cc1nn(COCC[Si](C)(C)C)c(C)c1-c1ccc(NC(=O)[C@H](Cc2cc(Br)ccc2Cl)NC(=O)c2ccnn2C)cc1. The highest BCUT2D eigenvalue weighted by atomic mass is 79.9. The topological polar surface area (TPSA) is 198 Å². The monoisotopic (exact) mass is 1360 g/mol. The van der Waals surface area contributed by atoms with Gasteiger partial charge in [0.1, 0.15) is 36.8 Å². The van der Waals surface area contributed by atoms with Crippen LogP contribution in [0.3, 0.4) is 0 Å². The number of ether oxygens (including phenoxy) is 3. The lowest BCUT2D eigenvalue weighted by Crippen LogP contribution is -2.47. The van der Waals surface area contributed by atoms with Crippen molar-refractivity contribution in [2.75, 3.05) is 23.8 Å². The standard InChI is InChI=1S/C31H38BrClN6O3Si.C31H42BrClN4O4Si/c1-20-29(21(2)39(37-20)19-42-15-16-43(4,5)6)22-7-10-25(11-8-22)35-30(40)27(18-23-17-24(32)9-12-26(23)33)36-31(41)28-13-14-34-38(28)3;1-20-28(21(2)37(36-20)19-40-15-16-42(6,7)8)22-9-12-25(13-10-22)34-29(38)27(35-30(39)41-31(3,4)5)18-23-17-24(32)11-14-26(23)33/h7-14,17,27H,15-16,18-19H2,1-6H3,(H,35,40)(H,36,41);9-14,17,27H,15-16,18-19H2,1-8H3,(H,34,38)(H,35,39)/t2*27-/m00/s1. The van der Waals surface area contributed by atoms with Gasteiger partial charge in [-0.25, -0.2) is 14.2 Å². The van der Waals surface area contributed by atoms with Crippen LogP contribution in [-0.4, -0.2) is 100 Å². The van der Waals surface area contributed by atoms with Crippen molar-refractivity contribution in [2.45, 2.75) is 144 Å². The fourth-order valence-corrected chi connectivity index (χ4v) is 11.7. The molecule has 4 N–H and O–H groups in total. The summed E-state index contributed by atoms with van der Waals surface area (Å²) in [4.78, 5) is 52.5. The van der Waals surface area contributed by atoms with E-state index in [0.717, 1.165) is 84.8 Å². The highest BCUT2D eigenvalue weighted by Crippen LogP contribution is 2.31. The highest BCUT2D eigenvalue weighted by Gasteiger charge is 2.28. The number of carbonyl (C=O) groups is 4. The van der Waals surface area contributed by atoms with Gasteiger partial charge in [0.15, 0.2) is 0 Å². The van der Waals surface area contributed by atoms with Crippen molar-refractivity contribution in [3.8, 4) is 22.3 Å². The maximum Gasteiger partial charge on any atom is 0.408 e. The molecule has 2 atom stereocenters. The molecule has 17 nitrogen and oxygen atoms in total. The van der Waals surface area contributed by atoms with Crippen molar-refractivity contribution in [2.24, 2.45) is 7.05 Å². The van der Waals surface area contributed by atoms with Crippen LogP contribution in [0.2, 0.25) is 61.4 Å². The van der Waals surface area contributed by atoms with Gasteiger partial charge >= 0.3 is 6.09 Å². The van der Waals surface area contributed by atoms with E-state index >= 15 is 0 Å². The van der Waals surface area contributed by atoms with Gasteiger partial charge in [0.2, 0.25) is 11.8 Å². The number of amides is 4. The molecule has 0 saturated carbocycles. The molecular weight excluding hydrogens is 1280 g/mol. The lowest BCUT2D eigenvalue weighted by molar-refractivity contribution is -0.118. The van der Waals surface area contributed by atoms with Crippen molar-refractivity contribution >= 4 is 106 Å². The van der Waals surface area contributed by atoms with E-state index in [-0.39, 0.29) is 24.7 Å². The summed E-state index contributed by atoms with van der Waals surface area (Å²) in [6, 6.07) is 28.0. The summed E-state index contributed by atoms with van der Waals surface area (Å²) in [6.07, 6.45) is 1.23. The number of nitrogens with zero attached hydrogens (tertiary/aromatic N) is 6. The third-order valence-electron chi connectivity index (χ3n) is 13.6. The summed E-state index contributed by atoms with van der Waals surface area (Å²) in [5.74, 6) is -1.16. The van der Waals surface area contributed by atoms with Crippen molar-refractivity contribution in [1.82, 2.24) is 40.0 Å². The Hall–Kier alpha value is -5.92. The molecule has 0 aliphatic carbocycles. The quantitative estimate of drug-likeness (QED) is 0.0353. The first-order chi connectivity index (χ1) is 39.8. The van der Waals surface area contributed by atoms with E-state index in [1.807, 2.05) is 110 Å². The zero-order valence-corrected chi connectivity index (χ0v) is 57.8. The number of aromatic nitrogens is 6. The second-order valence-electron chi connectivity index (χ2n) is 24.4. The molecule has 7 aromatic rings. The van der Waals surface area contributed by atoms with Crippen molar-refractivity contribution < 1.29 is 33.4 Å². The van der Waals surface area contributed by atoms with Gasteiger partial charge in [0.25, 0.3) is 5.91 Å². The third kappa shape index (κ3) is 20.9. The Kier molecular flexibility index (Phi) is 24.2. The van der Waals surface area contributed by atoms with Gasteiger partial charge in [-0.05, 0) is 150 Å². The van der Waals surface area contributed by atoms with Crippen LogP contribution in [0.1, 0.15) is 65.2 Å². The lowest BCUT2D eigenvalue weighted by Gasteiger charge is -2.23. The predicted molar refractivity (Wildman–Crippen MR) is 353 cm³/mol. The zero-order chi connectivity index (χ0) is 62.6. The Balaban J connectivity index is 0.000000272. The largest absolute Gasteiger partial charge is 0.444 e. The molecule has 456 valence electrons. The zero-order valence-electron chi connectivity index (χ0n) is 51.1. The predicted octanol–water partition coefficient (Wildman–Crippen LogP) is 14.6. The Labute approximate surface area is 528 Å². The number of hydrogen-bond acceptors (Lipinski definition) is 10. The summed E-state index contributed by atoms with van der Waals surface area (Å²) in [5.41, 5.74) is 10.2. The number of nitrogens with one attached hydrogen (secondary N) is 4. The number of hydrogen-bond donors (Lipinski definition) is 4. The minimum atomic E-state index is -1.16. The maximum atomic E-state index is 13.5. The minimum absolute atomic E-state index is 0.180. The fraction of sp³-hybridized carbons (Fsp3) is 0.403. The van der Waals surface area contributed by atoms with E-state index < -0.39 is 45.8 Å². The molecule has 0 bridgehead atoms. The molecule has 0 aliphatic heterocycles. The number of rotatable bonds is 23. The number of carbonyl (C=O) groups excluding carboxylic acids is 4. The molecule has 85 heavy (non-hydrogen) atoms. The van der Waals surface area contributed by atoms with Gasteiger partial charge in [-0.2, -0.15) is 15.3 Å². The fourth-order valence-electron chi connectivity index (χ4n) is 8.98. The second-order valence-corrected chi connectivity index (χ2v) is 38.3. The Morgan fingerprint density at radius 2 is 1.02 bits per heavy atom. The van der Waals surface area contributed by atoms with Crippen LogP contribution in [-0.2, 0) is 57.2 Å². The average Bonchev–Trinajstić information content (AvgIpc) is 4.32. The Bertz CT molecular complexity index is 3440. The first-order valence-electron chi connectivity index (χ1n) is 28.1. The molecule has 0 spiro atoms. The third-order valence-corrected chi connectivity index (χ3v) is 18.7. The van der Waals surface area contributed by atoms with E-state index in [1.54, 1.807) is 46.0 Å². The number of benzene rings is 4. The molecule has 0 unspecified atom stereocenters. The summed E-state index contributed by atoms with van der Waals surface area (Å²) >= 11 is 19.7. The first-order valence-corrected chi connectivity index (χ1v) is 37.8. The van der Waals surface area contributed by atoms with E-state index in [0.29, 0.717) is 46.1 Å². The molecule has 3 aromatic heterocycles. The molecule has 23 heteroatoms. The molecular formula is C62H80Br2Cl2N10O7Si2. The van der Waals surface area contributed by atoms with Gasteiger partial charge in [-0.1, -0.05) is 119 Å². The number of alkyl carbamates (subject to hydrolysis) is 1. The van der Waals surface area contributed by atoms with Gasteiger partial charge < -0.3 is 35.5 Å². The summed E-state index contributed by atoms with van der Waals surface area (Å²) in [7, 11) is -0.638. The van der Waals surface area contributed by atoms with Crippen molar-refractivity contribution in [1.29, 1.82) is 0 Å². The molecule has 0 aliphatic rings. The van der Waals surface area contributed by atoms with Crippen LogP contribution in [0.5, 0.6) is 0 Å². The molecule has 3 heterocycles. The number of halogens is 4. The smallest absolute Gasteiger partial charge is 0.408 e. The van der Waals surface area contributed by atoms with Crippen LogP contribution in [0, 0.1) is 27.7 Å². The molecule has 7 rings (SSSR count). The summed E-state index contributed by atoms with van der Waals surface area (Å²) in [5, 5.41) is 25.9. The Morgan fingerprint density at radius 3 is 1.40 bits per heavy atom. The average molecular weight is 1360 g/mol. The molecule has 4 amide bonds. The second kappa shape index (κ2) is 30.1. The number of anilines is 2. The molecule has 0 saturated heterocycles. The lowest BCUT2D eigenvalue weighted by atomic mass is 10.0. The summed E-state index contributed by atoms with van der Waals surface area (Å²) < 4.78 is 24.1. The van der Waals surface area contributed by atoms with E-state index in [2.05, 4.69) is 103 Å². The summed E-state index contributed by atoms with van der Waals surface area (Å²) in [6.45, 7) is 29.6. The van der Waals surface area contributed by atoms with Crippen LogP contribution in [0.25, 0.3) is 22.3 Å². The van der Waals surface area contributed by atoms with Crippen LogP contribution in [0.4, 0.5) is 16.2 Å². The van der Waals surface area contributed by atoms with E-state index in [4.69, 9.17) is 42.5 Å². The number of aryl methyl sites for hydroxylation is 3. The van der Waals surface area contributed by atoms with Gasteiger partial charge in [0.05, 0.1) is 11.4 Å². The molecule has 4 aromatic carbocycles. The highest BCUT2D eigenvalue weighted by molar-refractivity contribution is 9.10. The normalized spacial score (nSPS) is 12.4. The minimum Gasteiger partial charge on any atom is -0.444 e. The maximum absolute atomic E-state index is 13.5. The van der Waals surface area contributed by atoms with Crippen LogP contribution < -0.4 is 21.3 Å². The van der Waals surface area contributed by atoms with Gasteiger partial charge in [0, 0.05) is 108 Å². The van der Waals surface area contributed by atoms with E-state index in [9.17, 15) is 19.2 Å². The van der Waals surface area contributed by atoms with Crippen LogP contribution >= 0.6 is 55.1 Å². The molecule has 0 radical (unpaired) electrons. The van der Waals surface area contributed by atoms with E-state index in [1.165, 1.54) is 10.9 Å². The van der Waals surface area contributed by atoms with Crippen molar-refractivity contribution in [3.05, 3.63) is 156 Å². The van der Waals surface area contributed by atoms with Gasteiger partial charge in [-0.15, -0.1) is 0 Å². The Morgan fingerprint density at radius 1 is 0.612 bits per heavy atom. The molecule has 0 fully saturated rings. The first kappa shape index (κ1) is 68.2.